The van der Waals surface area contributed by atoms with Crippen LogP contribution in [0.2, 0.25) is 0 Å². The van der Waals surface area contributed by atoms with Crippen molar-refractivity contribution in [1.29, 1.82) is 0 Å². The number of thiophene rings is 1. The molecule has 0 bridgehead atoms. The number of hydrogen-bond acceptors (Lipinski definition) is 2. The average Bonchev–Trinajstić information content (AvgIpc) is 2.36. The smallest absolute Gasteiger partial charge is 0.304 e. The Morgan fingerprint density at radius 1 is 1.55 bits per heavy atom. The largest absolute Gasteiger partial charge is 0.390 e. The molecule has 1 rings (SSSR count). The summed E-state index contributed by atoms with van der Waals surface area (Å²) in [6, 6.07) is 2.96. The summed E-state index contributed by atoms with van der Waals surface area (Å²) < 4.78 is 25.3. The minimum atomic E-state index is -3.07. The van der Waals surface area contributed by atoms with Crippen LogP contribution < -0.4 is 0 Å². The van der Waals surface area contributed by atoms with Gasteiger partial charge in [-0.2, -0.15) is 8.78 Å². The van der Waals surface area contributed by atoms with E-state index in [4.69, 9.17) is 5.11 Å². The average molecular weight is 178 g/mol. The molecule has 0 aliphatic carbocycles. The maximum Gasteiger partial charge on any atom is 0.304 e. The van der Waals surface area contributed by atoms with Gasteiger partial charge < -0.3 is 5.11 Å². The van der Waals surface area contributed by atoms with Gasteiger partial charge in [0, 0.05) is 4.88 Å². The summed E-state index contributed by atoms with van der Waals surface area (Å²) in [6.07, 6.45) is 0. The molecule has 0 aromatic carbocycles. The monoisotopic (exact) mass is 178 g/mol. The highest BCUT2D eigenvalue weighted by Crippen LogP contribution is 2.32. The molecule has 1 N–H and O–H groups in total. The van der Waals surface area contributed by atoms with Gasteiger partial charge in [0.2, 0.25) is 0 Å². The molecule has 1 heterocycles. The van der Waals surface area contributed by atoms with Crippen molar-refractivity contribution >= 4 is 11.3 Å². The van der Waals surface area contributed by atoms with Crippen LogP contribution in [0.25, 0.3) is 0 Å². The summed E-state index contributed by atoms with van der Waals surface area (Å²) in [6.45, 7) is 0.634. The summed E-state index contributed by atoms with van der Waals surface area (Å²) in [7, 11) is 0. The van der Waals surface area contributed by atoms with Gasteiger partial charge in [-0.05, 0) is 19.1 Å². The molecule has 62 valence electrons. The topological polar surface area (TPSA) is 20.2 Å². The zero-order valence-electron chi connectivity index (χ0n) is 5.97. The lowest BCUT2D eigenvalue weighted by Crippen LogP contribution is -2.16. The van der Waals surface area contributed by atoms with Crippen LogP contribution in [-0.4, -0.2) is 11.7 Å². The lowest BCUT2D eigenvalue weighted by atomic mass is 10.3. The number of aliphatic hydroxyl groups is 1. The third-order valence-corrected chi connectivity index (χ3v) is 2.41. The summed E-state index contributed by atoms with van der Waals surface area (Å²) in [5.41, 5.74) is 0. The normalized spacial score (nSPS) is 12.0. The Morgan fingerprint density at radius 3 is 2.55 bits per heavy atom. The fourth-order valence-electron chi connectivity index (χ4n) is 0.709. The van der Waals surface area contributed by atoms with Gasteiger partial charge in [-0.1, -0.05) is 0 Å². The molecule has 4 heteroatoms. The number of aliphatic hydroxyl groups excluding tert-OH is 1. The predicted molar refractivity (Wildman–Crippen MR) is 40.0 cm³/mol. The number of aryl methyl sites for hydroxylation is 1. The van der Waals surface area contributed by atoms with Gasteiger partial charge in [0.1, 0.15) is 6.61 Å². The van der Waals surface area contributed by atoms with E-state index in [9.17, 15) is 8.78 Å². The molecule has 0 radical (unpaired) electrons. The number of rotatable bonds is 2. The van der Waals surface area contributed by atoms with E-state index < -0.39 is 12.5 Å². The second-order valence-electron chi connectivity index (χ2n) is 2.27. The zero-order chi connectivity index (χ0) is 8.48. The Balaban J connectivity index is 2.92. The standard InChI is InChI=1S/C7H8F2OS/c1-5-2-3-6(11-5)7(8,9)4-10/h2-3,10H,4H2,1H3. The van der Waals surface area contributed by atoms with Crippen LogP contribution in [0, 0.1) is 6.92 Å². The first kappa shape index (κ1) is 8.62. The van der Waals surface area contributed by atoms with Crippen LogP contribution in [-0.2, 0) is 5.92 Å². The van der Waals surface area contributed by atoms with E-state index in [2.05, 4.69) is 0 Å². The van der Waals surface area contributed by atoms with E-state index in [1.807, 2.05) is 0 Å². The van der Waals surface area contributed by atoms with Gasteiger partial charge in [-0.3, -0.25) is 0 Å². The van der Waals surface area contributed by atoms with Crippen LogP contribution in [0.15, 0.2) is 12.1 Å². The number of alkyl halides is 2. The quantitative estimate of drug-likeness (QED) is 0.735. The minimum Gasteiger partial charge on any atom is -0.390 e. The van der Waals surface area contributed by atoms with E-state index in [1.165, 1.54) is 6.07 Å². The van der Waals surface area contributed by atoms with Crippen molar-refractivity contribution in [2.45, 2.75) is 12.8 Å². The predicted octanol–water partition coefficient (Wildman–Crippen LogP) is 2.14. The highest BCUT2D eigenvalue weighted by Gasteiger charge is 2.31. The molecule has 1 nitrogen and oxygen atoms in total. The van der Waals surface area contributed by atoms with Crippen LogP contribution in [0.3, 0.4) is 0 Å². The zero-order valence-corrected chi connectivity index (χ0v) is 6.79. The van der Waals surface area contributed by atoms with Gasteiger partial charge >= 0.3 is 5.92 Å². The first-order valence-corrected chi connectivity index (χ1v) is 3.93. The summed E-state index contributed by atoms with van der Waals surface area (Å²) in [5.74, 6) is -3.07. The van der Waals surface area contributed by atoms with Crippen LogP contribution >= 0.6 is 11.3 Å². The molecule has 1 aromatic heterocycles. The maximum atomic E-state index is 12.7. The second-order valence-corrected chi connectivity index (χ2v) is 3.56. The Bertz CT molecular complexity index is 244. The molecule has 11 heavy (non-hydrogen) atoms. The lowest BCUT2D eigenvalue weighted by molar-refractivity contribution is -0.0524. The summed E-state index contributed by atoms with van der Waals surface area (Å²) in [5, 5.41) is 8.31. The fraction of sp³-hybridized carbons (Fsp3) is 0.429. The highest BCUT2D eigenvalue weighted by atomic mass is 32.1. The van der Waals surface area contributed by atoms with Crippen molar-refractivity contribution in [2.24, 2.45) is 0 Å². The number of hydrogen-bond donors (Lipinski definition) is 1. The molecule has 0 saturated heterocycles. The van der Waals surface area contributed by atoms with E-state index in [-0.39, 0.29) is 4.88 Å². The molecule has 1 aromatic rings. The first-order chi connectivity index (χ1) is 5.06. The SMILES string of the molecule is Cc1ccc(C(F)(F)CO)s1. The minimum absolute atomic E-state index is 0.0718. The third kappa shape index (κ3) is 1.75. The Morgan fingerprint density at radius 2 is 2.18 bits per heavy atom. The van der Waals surface area contributed by atoms with Gasteiger partial charge in [0.05, 0.1) is 4.88 Å². The van der Waals surface area contributed by atoms with E-state index in [0.29, 0.717) is 0 Å². The molecule has 0 atom stereocenters. The van der Waals surface area contributed by atoms with Crippen molar-refractivity contribution in [1.82, 2.24) is 0 Å². The lowest BCUT2D eigenvalue weighted by Gasteiger charge is -2.09. The van der Waals surface area contributed by atoms with E-state index in [1.54, 1.807) is 13.0 Å². The number of halogens is 2. The maximum absolute atomic E-state index is 12.7. The van der Waals surface area contributed by atoms with Crippen molar-refractivity contribution < 1.29 is 13.9 Å². The molecule has 0 amide bonds. The molecular weight excluding hydrogens is 170 g/mol. The second kappa shape index (κ2) is 2.87. The summed E-state index contributed by atoms with van der Waals surface area (Å²) in [4.78, 5) is 0.755. The van der Waals surface area contributed by atoms with Gasteiger partial charge in [0.15, 0.2) is 0 Å². The summed E-state index contributed by atoms with van der Waals surface area (Å²) >= 11 is 1.01. The van der Waals surface area contributed by atoms with Crippen LogP contribution in [0.1, 0.15) is 9.75 Å². The van der Waals surface area contributed by atoms with Crippen molar-refractivity contribution in [3.05, 3.63) is 21.9 Å². The molecule has 0 aliphatic rings. The first-order valence-electron chi connectivity index (χ1n) is 3.12. The molecule has 0 saturated carbocycles. The van der Waals surface area contributed by atoms with Crippen molar-refractivity contribution in [3.8, 4) is 0 Å². The van der Waals surface area contributed by atoms with Gasteiger partial charge in [-0.25, -0.2) is 0 Å². The van der Waals surface area contributed by atoms with E-state index in [0.717, 1.165) is 16.2 Å². The fourth-order valence-corrected chi connectivity index (χ4v) is 1.54. The Hall–Kier alpha value is -0.480. The van der Waals surface area contributed by atoms with Crippen molar-refractivity contribution in [2.75, 3.05) is 6.61 Å². The molecule has 0 fully saturated rings. The third-order valence-electron chi connectivity index (χ3n) is 1.30. The highest BCUT2D eigenvalue weighted by molar-refractivity contribution is 7.12. The van der Waals surface area contributed by atoms with Crippen LogP contribution in [0.4, 0.5) is 8.78 Å². The Kier molecular flexibility index (Phi) is 2.25. The molecule has 0 aliphatic heterocycles. The van der Waals surface area contributed by atoms with Gasteiger partial charge in [-0.15, -0.1) is 11.3 Å². The van der Waals surface area contributed by atoms with Crippen LogP contribution in [0.5, 0.6) is 0 Å². The molecular formula is C7H8F2OS. The van der Waals surface area contributed by atoms with E-state index >= 15 is 0 Å². The molecule has 0 spiro atoms. The Labute approximate surface area is 67.3 Å². The van der Waals surface area contributed by atoms with Crippen molar-refractivity contribution in [3.63, 3.8) is 0 Å². The van der Waals surface area contributed by atoms with Gasteiger partial charge in [0.25, 0.3) is 0 Å². The molecule has 0 unspecified atom stereocenters.